The molecule has 0 N–H and O–H groups in total. The van der Waals surface area contributed by atoms with Crippen LogP contribution in [0.25, 0.3) is 11.3 Å². The van der Waals surface area contributed by atoms with Crippen molar-refractivity contribution in [1.82, 2.24) is 9.88 Å². The van der Waals surface area contributed by atoms with Crippen molar-refractivity contribution < 1.29 is 13.9 Å². The number of methoxy groups -OCH3 is 1. The van der Waals surface area contributed by atoms with Gasteiger partial charge in [-0.25, -0.2) is 4.98 Å². The minimum Gasteiger partial charge on any atom is -0.497 e. The highest BCUT2D eigenvalue weighted by molar-refractivity contribution is 5.76. The van der Waals surface area contributed by atoms with Gasteiger partial charge in [-0.05, 0) is 41.8 Å². The van der Waals surface area contributed by atoms with Gasteiger partial charge in [0, 0.05) is 31.5 Å². The lowest BCUT2D eigenvalue weighted by atomic mass is 9.99. The first-order chi connectivity index (χ1) is 13.2. The van der Waals surface area contributed by atoms with Crippen LogP contribution in [0.5, 0.6) is 5.75 Å². The van der Waals surface area contributed by atoms with Gasteiger partial charge < -0.3 is 14.1 Å². The zero-order valence-corrected chi connectivity index (χ0v) is 15.4. The van der Waals surface area contributed by atoms with E-state index in [1.807, 2.05) is 35.2 Å². The number of fused-ring (bicyclic) bond motifs is 1. The molecule has 0 fully saturated rings. The summed E-state index contributed by atoms with van der Waals surface area (Å²) in [7, 11) is 1.64. The van der Waals surface area contributed by atoms with E-state index in [0.717, 1.165) is 24.3 Å². The molecule has 0 unspecified atom stereocenters. The largest absolute Gasteiger partial charge is 0.497 e. The summed E-state index contributed by atoms with van der Waals surface area (Å²) in [5, 5.41) is 0. The van der Waals surface area contributed by atoms with Crippen molar-refractivity contribution in [2.75, 3.05) is 13.7 Å². The van der Waals surface area contributed by atoms with E-state index < -0.39 is 0 Å². The summed E-state index contributed by atoms with van der Waals surface area (Å²) in [6, 6.07) is 16.0. The molecule has 138 valence electrons. The fourth-order valence-electron chi connectivity index (χ4n) is 3.40. The number of aryl methyl sites for hydroxylation is 1. The Bertz CT molecular complexity index is 931. The molecular weight excluding hydrogens is 340 g/mol. The van der Waals surface area contributed by atoms with Gasteiger partial charge in [0.1, 0.15) is 5.75 Å². The number of benzene rings is 2. The summed E-state index contributed by atoms with van der Waals surface area (Å²) in [5.74, 6) is 2.24. The summed E-state index contributed by atoms with van der Waals surface area (Å²) in [6.45, 7) is 1.47. The highest BCUT2D eigenvalue weighted by atomic mass is 16.5. The number of aromatic nitrogens is 1. The number of ether oxygens (including phenoxy) is 1. The molecule has 0 saturated heterocycles. The van der Waals surface area contributed by atoms with Crippen LogP contribution in [0.15, 0.2) is 59.1 Å². The molecule has 0 atom stereocenters. The highest BCUT2D eigenvalue weighted by Crippen LogP contribution is 2.24. The standard InChI is InChI=1S/C22H22N2O3/c1-26-19-8-6-17(7-9-19)20-14-23-21(27-20)10-11-22(25)24-13-12-16-4-2-3-5-18(16)15-24/h2-9,14H,10-13,15H2,1H3. The van der Waals surface area contributed by atoms with Crippen molar-refractivity contribution in [3.63, 3.8) is 0 Å². The number of hydrogen-bond donors (Lipinski definition) is 0. The van der Waals surface area contributed by atoms with Gasteiger partial charge in [0.25, 0.3) is 0 Å². The Morgan fingerprint density at radius 3 is 2.70 bits per heavy atom. The Hall–Kier alpha value is -3.08. The van der Waals surface area contributed by atoms with Gasteiger partial charge >= 0.3 is 0 Å². The van der Waals surface area contributed by atoms with E-state index in [-0.39, 0.29) is 5.91 Å². The Morgan fingerprint density at radius 1 is 1.15 bits per heavy atom. The molecule has 1 aliphatic heterocycles. The van der Waals surface area contributed by atoms with Crippen LogP contribution in [0.2, 0.25) is 0 Å². The normalized spacial score (nSPS) is 13.3. The first-order valence-corrected chi connectivity index (χ1v) is 9.16. The van der Waals surface area contributed by atoms with Gasteiger partial charge in [0.05, 0.1) is 13.3 Å². The molecule has 5 heteroatoms. The van der Waals surface area contributed by atoms with E-state index in [1.165, 1.54) is 11.1 Å². The minimum atomic E-state index is 0.147. The number of nitrogens with zero attached hydrogens (tertiary/aromatic N) is 2. The molecule has 4 rings (SSSR count). The lowest BCUT2D eigenvalue weighted by Crippen LogP contribution is -2.36. The molecule has 0 aliphatic carbocycles. The summed E-state index contributed by atoms with van der Waals surface area (Å²) >= 11 is 0. The molecule has 1 amide bonds. The van der Waals surface area contributed by atoms with E-state index >= 15 is 0 Å². The van der Waals surface area contributed by atoms with Crippen LogP contribution in [0.4, 0.5) is 0 Å². The Kier molecular flexibility index (Phi) is 4.92. The predicted octanol–water partition coefficient (Wildman–Crippen LogP) is 3.87. The van der Waals surface area contributed by atoms with Crippen molar-refractivity contribution in [2.45, 2.75) is 25.8 Å². The predicted molar refractivity (Wildman–Crippen MR) is 102 cm³/mol. The second-order valence-electron chi connectivity index (χ2n) is 6.68. The van der Waals surface area contributed by atoms with Gasteiger partial charge in [0.2, 0.25) is 5.91 Å². The second kappa shape index (κ2) is 7.66. The Morgan fingerprint density at radius 2 is 1.93 bits per heavy atom. The molecular formula is C22H22N2O3. The molecule has 3 aromatic rings. The maximum absolute atomic E-state index is 12.6. The number of hydrogen-bond acceptors (Lipinski definition) is 4. The number of oxazole rings is 1. The fourth-order valence-corrected chi connectivity index (χ4v) is 3.40. The molecule has 0 spiro atoms. The zero-order valence-electron chi connectivity index (χ0n) is 15.4. The van der Waals surface area contributed by atoms with Gasteiger partial charge in [-0.1, -0.05) is 24.3 Å². The molecule has 1 aromatic heterocycles. The SMILES string of the molecule is COc1ccc(-c2cnc(CCC(=O)N3CCc4ccccc4C3)o2)cc1. The van der Waals surface area contributed by atoms with E-state index in [0.29, 0.717) is 31.0 Å². The Labute approximate surface area is 158 Å². The molecule has 0 bridgehead atoms. The molecule has 0 saturated carbocycles. The summed E-state index contributed by atoms with van der Waals surface area (Å²) in [4.78, 5) is 18.8. The van der Waals surface area contributed by atoms with Crippen molar-refractivity contribution in [3.8, 4) is 17.1 Å². The van der Waals surface area contributed by atoms with Crippen LogP contribution < -0.4 is 4.74 Å². The minimum absolute atomic E-state index is 0.147. The lowest BCUT2D eigenvalue weighted by molar-refractivity contribution is -0.132. The monoisotopic (exact) mass is 362 g/mol. The average Bonchev–Trinajstić information content (AvgIpc) is 3.21. The third-order valence-corrected chi connectivity index (χ3v) is 4.96. The van der Waals surface area contributed by atoms with Gasteiger partial charge in [0.15, 0.2) is 11.7 Å². The first kappa shape index (κ1) is 17.3. The van der Waals surface area contributed by atoms with Crippen LogP contribution in [0.3, 0.4) is 0 Å². The highest BCUT2D eigenvalue weighted by Gasteiger charge is 2.20. The van der Waals surface area contributed by atoms with Crippen molar-refractivity contribution >= 4 is 5.91 Å². The average molecular weight is 362 g/mol. The Balaban J connectivity index is 1.35. The van der Waals surface area contributed by atoms with E-state index in [4.69, 9.17) is 9.15 Å². The van der Waals surface area contributed by atoms with Crippen molar-refractivity contribution in [2.24, 2.45) is 0 Å². The van der Waals surface area contributed by atoms with Gasteiger partial charge in [-0.3, -0.25) is 4.79 Å². The fraction of sp³-hybridized carbons (Fsp3) is 0.273. The molecule has 5 nitrogen and oxygen atoms in total. The molecule has 1 aliphatic rings. The smallest absolute Gasteiger partial charge is 0.223 e. The van der Waals surface area contributed by atoms with Crippen LogP contribution in [0.1, 0.15) is 23.4 Å². The first-order valence-electron chi connectivity index (χ1n) is 9.16. The van der Waals surface area contributed by atoms with Crippen molar-refractivity contribution in [3.05, 3.63) is 71.7 Å². The second-order valence-corrected chi connectivity index (χ2v) is 6.68. The third kappa shape index (κ3) is 3.87. The quantitative estimate of drug-likeness (QED) is 0.691. The zero-order chi connectivity index (χ0) is 18.6. The summed E-state index contributed by atoms with van der Waals surface area (Å²) in [6.07, 6.45) is 3.54. The lowest BCUT2D eigenvalue weighted by Gasteiger charge is -2.28. The van der Waals surface area contributed by atoms with E-state index in [2.05, 4.69) is 23.2 Å². The van der Waals surface area contributed by atoms with Crippen molar-refractivity contribution in [1.29, 1.82) is 0 Å². The summed E-state index contributed by atoms with van der Waals surface area (Å²) in [5.41, 5.74) is 3.53. The molecule has 2 heterocycles. The van der Waals surface area contributed by atoms with Crippen LogP contribution in [-0.2, 0) is 24.2 Å². The van der Waals surface area contributed by atoms with Crippen LogP contribution in [-0.4, -0.2) is 29.4 Å². The van der Waals surface area contributed by atoms with Crippen LogP contribution >= 0.6 is 0 Å². The third-order valence-electron chi connectivity index (χ3n) is 4.96. The molecule has 0 radical (unpaired) electrons. The maximum atomic E-state index is 12.6. The van der Waals surface area contributed by atoms with Gasteiger partial charge in [-0.15, -0.1) is 0 Å². The van der Waals surface area contributed by atoms with Gasteiger partial charge in [-0.2, -0.15) is 0 Å². The number of carbonyl (C=O) groups excluding carboxylic acids is 1. The number of rotatable bonds is 5. The topological polar surface area (TPSA) is 55.6 Å². The summed E-state index contributed by atoms with van der Waals surface area (Å²) < 4.78 is 11.0. The van der Waals surface area contributed by atoms with Crippen LogP contribution in [0, 0.1) is 0 Å². The molecule has 27 heavy (non-hydrogen) atoms. The molecule has 2 aromatic carbocycles. The number of carbonyl (C=O) groups is 1. The number of amides is 1. The maximum Gasteiger partial charge on any atom is 0.223 e. The van der Waals surface area contributed by atoms with E-state index in [1.54, 1.807) is 13.3 Å². The van der Waals surface area contributed by atoms with E-state index in [9.17, 15) is 4.79 Å².